The lowest BCUT2D eigenvalue weighted by molar-refractivity contribution is 0.601. The molecule has 0 unspecified atom stereocenters. The maximum absolute atomic E-state index is 12.3. The molecule has 0 bridgehead atoms. The van der Waals surface area contributed by atoms with E-state index in [1.807, 2.05) is 0 Å². The number of hydrogen-bond donors (Lipinski definition) is 2. The zero-order valence-electron chi connectivity index (χ0n) is 9.90. The lowest BCUT2D eigenvalue weighted by atomic mass is 10.3. The molecule has 0 aliphatic heterocycles. The highest BCUT2D eigenvalue weighted by molar-refractivity contribution is 7.93. The van der Waals surface area contributed by atoms with Crippen molar-refractivity contribution < 1.29 is 8.42 Å². The van der Waals surface area contributed by atoms with Gasteiger partial charge in [0.15, 0.2) is 0 Å². The van der Waals surface area contributed by atoms with Gasteiger partial charge in [0.25, 0.3) is 10.0 Å². The topological polar surface area (TPSA) is 72.2 Å². The maximum Gasteiger partial charge on any atom is 0.264 e. The lowest BCUT2D eigenvalue weighted by Gasteiger charge is -2.12. The van der Waals surface area contributed by atoms with Crippen LogP contribution in [0.25, 0.3) is 0 Å². The van der Waals surface area contributed by atoms with E-state index in [1.54, 1.807) is 6.07 Å². The first kappa shape index (κ1) is 15.3. The summed E-state index contributed by atoms with van der Waals surface area (Å²) in [5, 5.41) is 0.835. The van der Waals surface area contributed by atoms with Gasteiger partial charge in [-0.15, -0.1) is 0 Å². The number of nitrogens with one attached hydrogen (secondary N) is 1. The summed E-state index contributed by atoms with van der Waals surface area (Å²) in [5.41, 5.74) is 5.91. The first-order valence-electron chi connectivity index (χ1n) is 5.32. The Hall–Kier alpha value is -1.14. The fourth-order valence-corrected chi connectivity index (χ4v) is 3.37. The van der Waals surface area contributed by atoms with Gasteiger partial charge in [0.2, 0.25) is 0 Å². The van der Waals surface area contributed by atoms with Crippen molar-refractivity contribution in [3.63, 3.8) is 0 Å². The van der Waals surface area contributed by atoms with Gasteiger partial charge in [-0.2, -0.15) is 0 Å². The number of nitrogens with two attached hydrogens (primary N) is 1. The van der Waals surface area contributed by atoms with Crippen molar-refractivity contribution in [2.24, 2.45) is 0 Å². The van der Waals surface area contributed by atoms with E-state index in [4.69, 9.17) is 40.5 Å². The second kappa shape index (κ2) is 5.69. The van der Waals surface area contributed by atoms with E-state index in [-0.39, 0.29) is 26.3 Å². The Balaban J connectivity index is 2.46. The number of anilines is 2. The number of nitrogen functional groups attached to an aromatic ring is 1. The second-order valence-corrected chi connectivity index (χ2v) is 6.84. The zero-order valence-corrected chi connectivity index (χ0v) is 13.0. The van der Waals surface area contributed by atoms with Crippen molar-refractivity contribution >= 4 is 56.2 Å². The van der Waals surface area contributed by atoms with Gasteiger partial charge in [0.1, 0.15) is 4.90 Å². The molecule has 0 fully saturated rings. The minimum Gasteiger partial charge on any atom is -0.398 e. The van der Waals surface area contributed by atoms with Crippen molar-refractivity contribution in [3.05, 3.63) is 51.5 Å². The van der Waals surface area contributed by atoms with Crippen molar-refractivity contribution in [1.82, 2.24) is 0 Å². The van der Waals surface area contributed by atoms with Crippen LogP contribution in [0.15, 0.2) is 41.3 Å². The Morgan fingerprint density at radius 3 is 2.25 bits per heavy atom. The molecule has 0 saturated carbocycles. The molecule has 0 spiro atoms. The molecule has 106 valence electrons. The molecule has 2 aromatic carbocycles. The van der Waals surface area contributed by atoms with Crippen LogP contribution in [0.4, 0.5) is 11.4 Å². The van der Waals surface area contributed by atoms with Crippen LogP contribution in [-0.2, 0) is 10.0 Å². The Kier molecular flexibility index (Phi) is 4.34. The first-order valence-corrected chi connectivity index (χ1v) is 7.94. The minimum atomic E-state index is -3.91. The summed E-state index contributed by atoms with van der Waals surface area (Å²) < 4.78 is 26.9. The third kappa shape index (κ3) is 3.30. The molecule has 4 nitrogen and oxygen atoms in total. The lowest BCUT2D eigenvalue weighted by Crippen LogP contribution is -2.15. The highest BCUT2D eigenvalue weighted by Gasteiger charge is 2.19. The van der Waals surface area contributed by atoms with E-state index in [9.17, 15) is 8.42 Å². The average molecular weight is 352 g/mol. The molecule has 2 aromatic rings. The number of rotatable bonds is 3. The highest BCUT2D eigenvalue weighted by atomic mass is 35.5. The summed E-state index contributed by atoms with van der Waals surface area (Å²) >= 11 is 17.5. The average Bonchev–Trinajstić information content (AvgIpc) is 2.36. The van der Waals surface area contributed by atoms with Gasteiger partial charge >= 0.3 is 0 Å². The molecule has 8 heteroatoms. The van der Waals surface area contributed by atoms with Gasteiger partial charge in [0, 0.05) is 10.0 Å². The quantitative estimate of drug-likeness (QED) is 0.820. The van der Waals surface area contributed by atoms with E-state index < -0.39 is 10.0 Å². The zero-order chi connectivity index (χ0) is 14.9. The molecular formula is C12H9Cl3N2O2S. The fourth-order valence-electron chi connectivity index (χ4n) is 1.52. The molecule has 0 atom stereocenters. The minimum absolute atomic E-state index is 0.0834. The summed E-state index contributed by atoms with van der Waals surface area (Å²) in [6, 6.07) is 8.62. The Morgan fingerprint density at radius 1 is 0.950 bits per heavy atom. The van der Waals surface area contributed by atoms with Crippen molar-refractivity contribution in [1.29, 1.82) is 0 Å². The smallest absolute Gasteiger partial charge is 0.264 e. The van der Waals surface area contributed by atoms with E-state index in [2.05, 4.69) is 4.72 Å². The SMILES string of the molecule is Nc1ccc(Cl)cc1S(=O)(=O)Nc1cc(Cl)ccc1Cl. The summed E-state index contributed by atoms with van der Waals surface area (Å²) in [6.45, 7) is 0. The number of halogens is 3. The summed E-state index contributed by atoms with van der Waals surface area (Å²) in [7, 11) is -3.91. The molecular weight excluding hydrogens is 343 g/mol. The third-order valence-corrected chi connectivity index (χ3v) is 4.66. The summed E-state index contributed by atoms with van der Waals surface area (Å²) in [4.78, 5) is -0.124. The van der Waals surface area contributed by atoms with E-state index in [0.717, 1.165) is 0 Å². The molecule has 0 aliphatic rings. The molecule has 0 aliphatic carbocycles. The third-order valence-electron chi connectivity index (χ3n) is 2.44. The predicted molar refractivity (Wildman–Crippen MR) is 83.1 cm³/mol. The summed E-state index contributed by atoms with van der Waals surface area (Å²) in [5.74, 6) is 0. The van der Waals surface area contributed by atoms with Crippen LogP contribution in [0.2, 0.25) is 15.1 Å². The monoisotopic (exact) mass is 350 g/mol. The number of hydrogen-bond acceptors (Lipinski definition) is 3. The standard InChI is InChI=1S/C12H9Cl3N2O2S/c13-7-1-3-9(15)11(5-7)17-20(18,19)12-6-8(14)2-4-10(12)16/h1-6,17H,16H2. The van der Waals surface area contributed by atoms with Crippen LogP contribution in [0.3, 0.4) is 0 Å². The van der Waals surface area contributed by atoms with E-state index >= 15 is 0 Å². The van der Waals surface area contributed by atoms with Gasteiger partial charge in [-0.05, 0) is 36.4 Å². The molecule has 0 aromatic heterocycles. The predicted octanol–water partition coefficient (Wildman–Crippen LogP) is 4.03. The molecule has 3 N–H and O–H groups in total. The van der Waals surface area contributed by atoms with Crippen LogP contribution < -0.4 is 10.5 Å². The van der Waals surface area contributed by atoms with Gasteiger partial charge in [-0.3, -0.25) is 4.72 Å². The van der Waals surface area contributed by atoms with Gasteiger partial charge < -0.3 is 5.73 Å². The fraction of sp³-hybridized carbons (Fsp3) is 0. The normalized spacial score (nSPS) is 11.3. The Morgan fingerprint density at radius 2 is 1.55 bits per heavy atom. The van der Waals surface area contributed by atoms with Crippen molar-refractivity contribution in [2.45, 2.75) is 4.90 Å². The molecule has 0 amide bonds. The summed E-state index contributed by atoms with van der Waals surface area (Å²) in [6.07, 6.45) is 0. The largest absolute Gasteiger partial charge is 0.398 e. The van der Waals surface area contributed by atoms with Gasteiger partial charge in [-0.25, -0.2) is 8.42 Å². The van der Waals surface area contributed by atoms with Crippen LogP contribution >= 0.6 is 34.8 Å². The van der Waals surface area contributed by atoms with Gasteiger partial charge in [0.05, 0.1) is 16.4 Å². The Bertz CT molecular complexity index is 763. The van der Waals surface area contributed by atoms with E-state index in [1.165, 1.54) is 30.3 Å². The molecule has 0 radical (unpaired) electrons. The molecule has 0 heterocycles. The maximum atomic E-state index is 12.3. The van der Waals surface area contributed by atoms with Crippen LogP contribution in [0.1, 0.15) is 0 Å². The van der Waals surface area contributed by atoms with Crippen LogP contribution in [0.5, 0.6) is 0 Å². The number of benzene rings is 2. The molecule has 2 rings (SSSR count). The van der Waals surface area contributed by atoms with Crippen molar-refractivity contribution in [2.75, 3.05) is 10.5 Å². The Labute approximate surface area is 131 Å². The molecule has 0 saturated heterocycles. The second-order valence-electron chi connectivity index (χ2n) is 3.91. The van der Waals surface area contributed by atoms with Gasteiger partial charge in [-0.1, -0.05) is 34.8 Å². The van der Waals surface area contributed by atoms with Crippen LogP contribution in [0, 0.1) is 0 Å². The number of sulfonamides is 1. The van der Waals surface area contributed by atoms with Crippen LogP contribution in [-0.4, -0.2) is 8.42 Å². The highest BCUT2D eigenvalue weighted by Crippen LogP contribution is 2.30. The molecule has 20 heavy (non-hydrogen) atoms. The van der Waals surface area contributed by atoms with Crippen molar-refractivity contribution in [3.8, 4) is 0 Å². The van der Waals surface area contributed by atoms with E-state index in [0.29, 0.717) is 5.02 Å². The first-order chi connectivity index (χ1) is 9.29.